The first-order chi connectivity index (χ1) is 9.45. The van der Waals surface area contributed by atoms with E-state index in [9.17, 15) is 14.3 Å². The Morgan fingerprint density at radius 2 is 2.00 bits per heavy atom. The molecular formula is C15H14FNO3. The fourth-order valence-corrected chi connectivity index (χ4v) is 1.88. The van der Waals surface area contributed by atoms with E-state index in [1.807, 2.05) is 6.92 Å². The van der Waals surface area contributed by atoms with Crippen molar-refractivity contribution in [2.45, 2.75) is 13.5 Å². The van der Waals surface area contributed by atoms with Crippen LogP contribution >= 0.6 is 0 Å². The number of aromatic carboxylic acids is 1. The number of phenolic OH excluding ortho intramolecular Hbond substituents is 1. The van der Waals surface area contributed by atoms with Crippen molar-refractivity contribution < 1.29 is 19.4 Å². The summed E-state index contributed by atoms with van der Waals surface area (Å²) in [6.07, 6.45) is 0. The molecule has 0 aromatic heterocycles. The van der Waals surface area contributed by atoms with Gasteiger partial charge in [0.2, 0.25) is 0 Å². The van der Waals surface area contributed by atoms with Gasteiger partial charge in [0.15, 0.2) is 0 Å². The molecule has 0 radical (unpaired) electrons. The van der Waals surface area contributed by atoms with Crippen LogP contribution in [0.1, 0.15) is 21.5 Å². The predicted octanol–water partition coefficient (Wildman–Crippen LogP) is 3.15. The standard InChI is InChI=1S/C15H14FNO3/c1-9-2-3-11(15(19)20)6-14(9)17-8-10-4-12(16)7-13(18)5-10/h2-7,17-18H,8H2,1H3,(H,19,20). The number of nitrogens with one attached hydrogen (secondary N) is 1. The zero-order chi connectivity index (χ0) is 14.7. The highest BCUT2D eigenvalue weighted by Gasteiger charge is 2.06. The fourth-order valence-electron chi connectivity index (χ4n) is 1.88. The van der Waals surface area contributed by atoms with Gasteiger partial charge in [-0.2, -0.15) is 0 Å². The maximum Gasteiger partial charge on any atom is 0.335 e. The Labute approximate surface area is 115 Å². The molecule has 2 aromatic carbocycles. The minimum Gasteiger partial charge on any atom is -0.508 e. The van der Waals surface area contributed by atoms with E-state index in [1.54, 1.807) is 6.07 Å². The van der Waals surface area contributed by atoms with Crippen LogP contribution in [-0.4, -0.2) is 16.2 Å². The van der Waals surface area contributed by atoms with Gasteiger partial charge < -0.3 is 15.5 Å². The van der Waals surface area contributed by atoms with Crippen LogP contribution in [0.5, 0.6) is 5.75 Å². The molecule has 5 heteroatoms. The van der Waals surface area contributed by atoms with Crippen LogP contribution in [0.25, 0.3) is 0 Å². The van der Waals surface area contributed by atoms with Crippen LogP contribution in [0.2, 0.25) is 0 Å². The van der Waals surface area contributed by atoms with Crippen LogP contribution in [0.15, 0.2) is 36.4 Å². The number of rotatable bonds is 4. The monoisotopic (exact) mass is 275 g/mol. The molecule has 0 saturated heterocycles. The highest BCUT2D eigenvalue weighted by molar-refractivity contribution is 5.89. The lowest BCUT2D eigenvalue weighted by Gasteiger charge is -2.11. The summed E-state index contributed by atoms with van der Waals surface area (Å²) < 4.78 is 13.1. The van der Waals surface area contributed by atoms with Gasteiger partial charge in [0, 0.05) is 18.3 Å². The quantitative estimate of drug-likeness (QED) is 0.801. The molecule has 20 heavy (non-hydrogen) atoms. The van der Waals surface area contributed by atoms with E-state index >= 15 is 0 Å². The average Bonchev–Trinajstić information content (AvgIpc) is 2.36. The topological polar surface area (TPSA) is 69.6 Å². The normalized spacial score (nSPS) is 10.3. The summed E-state index contributed by atoms with van der Waals surface area (Å²) in [6.45, 7) is 2.13. The third-order valence-electron chi connectivity index (χ3n) is 2.91. The Hall–Kier alpha value is -2.56. The number of aryl methyl sites for hydroxylation is 1. The second kappa shape index (κ2) is 5.61. The first-order valence-electron chi connectivity index (χ1n) is 6.02. The lowest BCUT2D eigenvalue weighted by Crippen LogP contribution is -2.04. The molecule has 4 nitrogen and oxygen atoms in total. The van der Waals surface area contributed by atoms with E-state index in [0.717, 1.165) is 11.6 Å². The third kappa shape index (κ3) is 3.26. The predicted molar refractivity (Wildman–Crippen MR) is 73.5 cm³/mol. The Morgan fingerprint density at radius 3 is 2.65 bits per heavy atom. The van der Waals surface area contributed by atoms with Crippen molar-refractivity contribution in [2.24, 2.45) is 0 Å². The molecule has 0 heterocycles. The summed E-state index contributed by atoms with van der Waals surface area (Å²) in [5, 5.41) is 21.3. The summed E-state index contributed by atoms with van der Waals surface area (Å²) in [7, 11) is 0. The molecule has 0 aliphatic rings. The largest absolute Gasteiger partial charge is 0.508 e. The summed E-state index contributed by atoms with van der Waals surface area (Å²) >= 11 is 0. The molecule has 0 atom stereocenters. The van der Waals surface area contributed by atoms with Crippen molar-refractivity contribution in [3.8, 4) is 5.75 Å². The fraction of sp³-hybridized carbons (Fsp3) is 0.133. The van der Waals surface area contributed by atoms with Gasteiger partial charge in [-0.25, -0.2) is 9.18 Å². The van der Waals surface area contributed by atoms with Gasteiger partial charge in [-0.15, -0.1) is 0 Å². The van der Waals surface area contributed by atoms with Crippen LogP contribution < -0.4 is 5.32 Å². The summed E-state index contributed by atoms with van der Waals surface area (Å²) in [6, 6.07) is 8.54. The van der Waals surface area contributed by atoms with Gasteiger partial charge in [0.25, 0.3) is 0 Å². The molecule has 0 bridgehead atoms. The molecule has 0 fully saturated rings. The van der Waals surface area contributed by atoms with Gasteiger partial charge in [-0.05, 0) is 42.3 Å². The lowest BCUT2D eigenvalue weighted by molar-refractivity contribution is 0.0697. The molecule has 0 aliphatic carbocycles. The second-order valence-electron chi connectivity index (χ2n) is 4.51. The highest BCUT2D eigenvalue weighted by Crippen LogP contribution is 2.20. The Morgan fingerprint density at radius 1 is 1.25 bits per heavy atom. The Kier molecular flexibility index (Phi) is 3.89. The van der Waals surface area contributed by atoms with Crippen LogP contribution in [0.4, 0.5) is 10.1 Å². The van der Waals surface area contributed by atoms with Crippen molar-refractivity contribution in [1.29, 1.82) is 0 Å². The van der Waals surface area contributed by atoms with Crippen molar-refractivity contribution >= 4 is 11.7 Å². The first kappa shape index (κ1) is 13.9. The van der Waals surface area contributed by atoms with E-state index in [4.69, 9.17) is 5.11 Å². The van der Waals surface area contributed by atoms with E-state index in [2.05, 4.69) is 5.32 Å². The molecule has 3 N–H and O–H groups in total. The van der Waals surface area contributed by atoms with E-state index in [1.165, 1.54) is 24.3 Å². The number of hydrogen-bond donors (Lipinski definition) is 3. The number of benzene rings is 2. The first-order valence-corrected chi connectivity index (χ1v) is 6.02. The van der Waals surface area contributed by atoms with Gasteiger partial charge >= 0.3 is 5.97 Å². The van der Waals surface area contributed by atoms with Crippen molar-refractivity contribution in [3.63, 3.8) is 0 Å². The zero-order valence-electron chi connectivity index (χ0n) is 10.9. The summed E-state index contributed by atoms with van der Waals surface area (Å²) in [5.41, 5.74) is 2.30. The molecule has 0 unspecified atom stereocenters. The second-order valence-corrected chi connectivity index (χ2v) is 4.51. The SMILES string of the molecule is Cc1ccc(C(=O)O)cc1NCc1cc(O)cc(F)c1. The third-order valence-corrected chi connectivity index (χ3v) is 2.91. The Balaban J connectivity index is 2.18. The minimum atomic E-state index is -1.00. The van der Waals surface area contributed by atoms with Crippen LogP contribution in [0, 0.1) is 12.7 Å². The molecule has 2 aromatic rings. The number of anilines is 1. The average molecular weight is 275 g/mol. The maximum absolute atomic E-state index is 13.1. The Bertz CT molecular complexity index is 635. The van der Waals surface area contributed by atoms with Crippen molar-refractivity contribution in [1.82, 2.24) is 0 Å². The number of hydrogen-bond acceptors (Lipinski definition) is 3. The molecule has 0 aliphatic heterocycles. The number of aromatic hydroxyl groups is 1. The number of phenols is 1. The van der Waals surface area contributed by atoms with Gasteiger partial charge in [-0.3, -0.25) is 0 Å². The van der Waals surface area contributed by atoms with E-state index in [-0.39, 0.29) is 17.9 Å². The van der Waals surface area contributed by atoms with Crippen LogP contribution in [-0.2, 0) is 6.54 Å². The smallest absolute Gasteiger partial charge is 0.335 e. The molecular weight excluding hydrogens is 261 g/mol. The van der Waals surface area contributed by atoms with Crippen molar-refractivity contribution in [3.05, 3.63) is 58.9 Å². The van der Waals surface area contributed by atoms with Gasteiger partial charge in [-0.1, -0.05) is 6.07 Å². The molecule has 104 valence electrons. The zero-order valence-corrected chi connectivity index (χ0v) is 10.9. The molecule has 0 spiro atoms. The summed E-state index contributed by atoms with van der Waals surface area (Å²) in [5.74, 6) is -1.66. The van der Waals surface area contributed by atoms with Crippen LogP contribution in [0.3, 0.4) is 0 Å². The molecule has 2 rings (SSSR count). The number of halogens is 1. The summed E-state index contributed by atoms with van der Waals surface area (Å²) in [4.78, 5) is 10.9. The highest BCUT2D eigenvalue weighted by atomic mass is 19.1. The minimum absolute atomic E-state index is 0.141. The molecule has 0 saturated carbocycles. The number of carbonyl (C=O) groups is 1. The number of carboxylic acids is 1. The van der Waals surface area contributed by atoms with Crippen molar-refractivity contribution in [2.75, 3.05) is 5.32 Å². The number of carboxylic acid groups (broad SMARTS) is 1. The van der Waals surface area contributed by atoms with E-state index < -0.39 is 11.8 Å². The lowest BCUT2D eigenvalue weighted by atomic mass is 10.1. The van der Waals surface area contributed by atoms with Gasteiger partial charge in [0.1, 0.15) is 11.6 Å². The van der Waals surface area contributed by atoms with Gasteiger partial charge in [0.05, 0.1) is 5.56 Å². The molecule has 0 amide bonds. The maximum atomic E-state index is 13.1. The van der Waals surface area contributed by atoms with E-state index in [0.29, 0.717) is 11.3 Å².